The predicted octanol–water partition coefficient (Wildman–Crippen LogP) is 4.92. The Morgan fingerprint density at radius 2 is 1.82 bits per heavy atom. The topological polar surface area (TPSA) is 71.5 Å². The Bertz CT molecular complexity index is 1110. The predicted molar refractivity (Wildman–Crippen MR) is 132 cm³/mol. The van der Waals surface area contributed by atoms with Crippen LogP contribution in [0.15, 0.2) is 67.0 Å². The third-order valence-electron chi connectivity index (χ3n) is 6.03. The van der Waals surface area contributed by atoms with Crippen molar-refractivity contribution in [2.45, 2.75) is 52.1 Å². The van der Waals surface area contributed by atoms with Gasteiger partial charge < -0.3 is 15.0 Å². The van der Waals surface area contributed by atoms with Gasteiger partial charge in [0.2, 0.25) is 11.8 Å². The van der Waals surface area contributed by atoms with Crippen LogP contribution < -0.4 is 10.1 Å². The number of ether oxygens (including phenoxy) is 1. The Balaban J connectivity index is 1.32. The first kappa shape index (κ1) is 23.5. The normalized spacial score (nSPS) is 12.6. The Morgan fingerprint density at radius 1 is 1.03 bits per heavy atom. The van der Waals surface area contributed by atoms with E-state index in [0.717, 1.165) is 41.0 Å². The number of carbonyl (C=O) groups is 2. The van der Waals surface area contributed by atoms with Crippen molar-refractivity contribution in [3.8, 4) is 5.75 Å². The number of anilines is 1. The third kappa shape index (κ3) is 6.44. The fourth-order valence-corrected chi connectivity index (χ4v) is 4.07. The van der Waals surface area contributed by atoms with Gasteiger partial charge in [-0.3, -0.25) is 14.6 Å². The van der Waals surface area contributed by atoms with Gasteiger partial charge in [0.05, 0.1) is 6.61 Å². The monoisotopic (exact) mass is 457 g/mol. The van der Waals surface area contributed by atoms with Crippen LogP contribution in [0.4, 0.5) is 5.69 Å². The summed E-state index contributed by atoms with van der Waals surface area (Å²) in [6.45, 7) is 3.69. The van der Waals surface area contributed by atoms with Crippen LogP contribution in [0.2, 0.25) is 0 Å². The van der Waals surface area contributed by atoms with E-state index in [2.05, 4.69) is 41.5 Å². The van der Waals surface area contributed by atoms with Crippen molar-refractivity contribution in [1.29, 1.82) is 0 Å². The standard InChI is InChI=1S/C28H31N3O3/c1-2-21-7-9-22(10-8-21)19-31(20-23-5-3-15-29-18-23)28(33)6-4-16-34-25-12-13-26-24(17-25)11-14-27(32)30-26/h3,5,7-10,12-13,15,17-18H,2,4,6,11,14,16,19-20H2,1H3,(H,30,32). The van der Waals surface area contributed by atoms with Crippen molar-refractivity contribution in [3.05, 3.63) is 89.2 Å². The molecule has 0 bridgehead atoms. The molecule has 176 valence electrons. The molecule has 1 aliphatic rings. The van der Waals surface area contributed by atoms with E-state index >= 15 is 0 Å². The summed E-state index contributed by atoms with van der Waals surface area (Å²) in [7, 11) is 0. The molecule has 0 aliphatic carbocycles. The summed E-state index contributed by atoms with van der Waals surface area (Å²) in [6, 6.07) is 18.1. The third-order valence-corrected chi connectivity index (χ3v) is 6.03. The molecule has 34 heavy (non-hydrogen) atoms. The van der Waals surface area contributed by atoms with Crippen LogP contribution >= 0.6 is 0 Å². The number of hydrogen-bond acceptors (Lipinski definition) is 4. The lowest BCUT2D eigenvalue weighted by Crippen LogP contribution is -2.30. The summed E-state index contributed by atoms with van der Waals surface area (Å²) in [5.74, 6) is 0.919. The van der Waals surface area contributed by atoms with E-state index in [1.807, 2.05) is 41.4 Å². The fourth-order valence-electron chi connectivity index (χ4n) is 4.07. The first-order valence-electron chi connectivity index (χ1n) is 11.9. The summed E-state index contributed by atoms with van der Waals surface area (Å²) >= 11 is 0. The van der Waals surface area contributed by atoms with Gasteiger partial charge in [-0.1, -0.05) is 37.3 Å². The van der Waals surface area contributed by atoms with Gasteiger partial charge in [-0.2, -0.15) is 0 Å². The molecule has 2 amide bonds. The molecule has 6 nitrogen and oxygen atoms in total. The number of carbonyl (C=O) groups excluding carboxylic acids is 2. The molecule has 1 N–H and O–H groups in total. The van der Waals surface area contributed by atoms with Crippen molar-refractivity contribution in [2.75, 3.05) is 11.9 Å². The second kappa shape index (κ2) is 11.5. The summed E-state index contributed by atoms with van der Waals surface area (Å²) < 4.78 is 5.90. The molecule has 0 fully saturated rings. The molecule has 2 heterocycles. The Hall–Kier alpha value is -3.67. The highest BCUT2D eigenvalue weighted by atomic mass is 16.5. The van der Waals surface area contributed by atoms with Crippen molar-refractivity contribution in [1.82, 2.24) is 9.88 Å². The van der Waals surface area contributed by atoms with E-state index in [0.29, 0.717) is 39.0 Å². The lowest BCUT2D eigenvalue weighted by atomic mass is 10.0. The van der Waals surface area contributed by atoms with Crippen LogP contribution in [0.1, 0.15) is 48.4 Å². The van der Waals surface area contributed by atoms with E-state index < -0.39 is 0 Å². The highest BCUT2D eigenvalue weighted by Gasteiger charge is 2.16. The van der Waals surface area contributed by atoms with E-state index in [4.69, 9.17) is 4.74 Å². The van der Waals surface area contributed by atoms with Gasteiger partial charge in [-0.05, 0) is 65.8 Å². The molecule has 1 aromatic heterocycles. The zero-order chi connectivity index (χ0) is 23.8. The van der Waals surface area contributed by atoms with Crippen molar-refractivity contribution < 1.29 is 14.3 Å². The number of aromatic nitrogens is 1. The maximum atomic E-state index is 13.1. The first-order valence-corrected chi connectivity index (χ1v) is 11.9. The number of hydrogen-bond donors (Lipinski definition) is 1. The van der Waals surface area contributed by atoms with Crippen LogP contribution in [-0.4, -0.2) is 28.3 Å². The fraction of sp³-hybridized carbons (Fsp3) is 0.321. The molecular weight excluding hydrogens is 426 g/mol. The minimum Gasteiger partial charge on any atom is -0.494 e. The molecule has 0 unspecified atom stereocenters. The van der Waals surface area contributed by atoms with Gasteiger partial charge in [0.1, 0.15) is 5.75 Å². The number of nitrogens with one attached hydrogen (secondary N) is 1. The molecule has 0 saturated carbocycles. The maximum Gasteiger partial charge on any atom is 0.224 e. The van der Waals surface area contributed by atoms with Gasteiger partial charge in [-0.25, -0.2) is 0 Å². The van der Waals surface area contributed by atoms with Crippen molar-refractivity contribution in [3.63, 3.8) is 0 Å². The van der Waals surface area contributed by atoms with E-state index in [1.54, 1.807) is 6.20 Å². The van der Waals surface area contributed by atoms with Gasteiger partial charge >= 0.3 is 0 Å². The van der Waals surface area contributed by atoms with Gasteiger partial charge in [0.15, 0.2) is 0 Å². The lowest BCUT2D eigenvalue weighted by Gasteiger charge is -2.23. The Morgan fingerprint density at radius 3 is 2.59 bits per heavy atom. The van der Waals surface area contributed by atoms with Crippen LogP contribution in [0.5, 0.6) is 5.75 Å². The molecule has 2 aromatic carbocycles. The van der Waals surface area contributed by atoms with Crippen molar-refractivity contribution >= 4 is 17.5 Å². The van der Waals surface area contributed by atoms with E-state index in [9.17, 15) is 9.59 Å². The summed E-state index contributed by atoms with van der Waals surface area (Å²) in [4.78, 5) is 30.7. The highest BCUT2D eigenvalue weighted by molar-refractivity contribution is 5.94. The summed E-state index contributed by atoms with van der Waals surface area (Å²) in [6.07, 6.45) is 6.81. The van der Waals surface area contributed by atoms with E-state index in [1.165, 1.54) is 5.56 Å². The molecule has 0 saturated heterocycles. The molecule has 4 rings (SSSR count). The SMILES string of the molecule is CCc1ccc(CN(Cc2cccnc2)C(=O)CCCOc2ccc3c(c2)CCC(=O)N3)cc1. The highest BCUT2D eigenvalue weighted by Crippen LogP contribution is 2.27. The van der Waals surface area contributed by atoms with Crippen molar-refractivity contribution in [2.24, 2.45) is 0 Å². The van der Waals surface area contributed by atoms with E-state index in [-0.39, 0.29) is 11.8 Å². The molecule has 0 spiro atoms. The number of rotatable bonds is 10. The minimum absolute atomic E-state index is 0.0526. The second-order valence-corrected chi connectivity index (χ2v) is 8.60. The Kier molecular flexibility index (Phi) is 7.91. The summed E-state index contributed by atoms with van der Waals surface area (Å²) in [5.41, 5.74) is 5.36. The largest absolute Gasteiger partial charge is 0.494 e. The lowest BCUT2D eigenvalue weighted by molar-refractivity contribution is -0.132. The van der Waals surface area contributed by atoms with Gasteiger partial charge in [0.25, 0.3) is 0 Å². The average molecular weight is 458 g/mol. The zero-order valence-corrected chi connectivity index (χ0v) is 19.6. The molecule has 6 heteroatoms. The average Bonchev–Trinajstić information content (AvgIpc) is 2.87. The molecule has 3 aromatic rings. The van der Waals surface area contributed by atoms with Gasteiger partial charge in [0, 0.05) is 44.0 Å². The smallest absolute Gasteiger partial charge is 0.224 e. The molecule has 1 aliphatic heterocycles. The Labute approximate surface area is 201 Å². The second-order valence-electron chi connectivity index (χ2n) is 8.60. The number of amides is 2. The maximum absolute atomic E-state index is 13.1. The number of nitrogens with zero attached hydrogens (tertiary/aromatic N) is 2. The van der Waals surface area contributed by atoms with Crippen LogP contribution in [-0.2, 0) is 35.5 Å². The molecule has 0 atom stereocenters. The first-order chi connectivity index (χ1) is 16.6. The van der Waals surface area contributed by atoms with Crippen LogP contribution in [0.25, 0.3) is 0 Å². The number of benzene rings is 2. The van der Waals surface area contributed by atoms with Crippen LogP contribution in [0.3, 0.4) is 0 Å². The number of fused-ring (bicyclic) bond motifs is 1. The summed E-state index contributed by atoms with van der Waals surface area (Å²) in [5, 5.41) is 2.88. The number of pyridine rings is 1. The minimum atomic E-state index is 0.0526. The zero-order valence-electron chi connectivity index (χ0n) is 19.6. The van der Waals surface area contributed by atoms with Crippen LogP contribution in [0, 0.1) is 0 Å². The number of aryl methyl sites for hydroxylation is 2. The van der Waals surface area contributed by atoms with Gasteiger partial charge in [-0.15, -0.1) is 0 Å². The molecule has 0 radical (unpaired) electrons. The molecular formula is C28H31N3O3. The quantitative estimate of drug-likeness (QED) is 0.439.